The van der Waals surface area contributed by atoms with Crippen LogP contribution in [0.15, 0.2) is 0 Å². The van der Waals surface area contributed by atoms with Crippen molar-refractivity contribution in [1.29, 1.82) is 0 Å². The predicted molar refractivity (Wildman–Crippen MR) is 55.0 cm³/mol. The van der Waals surface area contributed by atoms with E-state index in [9.17, 15) is 0 Å². The minimum absolute atomic E-state index is 0. The van der Waals surface area contributed by atoms with E-state index in [2.05, 4.69) is 25.9 Å². The van der Waals surface area contributed by atoms with E-state index in [-0.39, 0.29) is 41.6 Å². The molecule has 1 aromatic heterocycles. The summed E-state index contributed by atoms with van der Waals surface area (Å²) in [5, 5.41) is 4.31. The van der Waals surface area contributed by atoms with E-state index in [1.54, 1.807) is 0 Å². The molecule has 0 N–H and O–H groups in total. The van der Waals surface area contributed by atoms with Gasteiger partial charge in [-0.1, -0.05) is 7.43 Å². The van der Waals surface area contributed by atoms with Gasteiger partial charge in [-0.15, -0.1) is 5.69 Å². The van der Waals surface area contributed by atoms with Gasteiger partial charge in [0.2, 0.25) is 0 Å². The molecule has 0 bridgehead atoms. The van der Waals surface area contributed by atoms with Crippen molar-refractivity contribution in [1.82, 2.24) is 9.78 Å². The largest absolute Gasteiger partial charge is 0.355 e. The van der Waals surface area contributed by atoms with E-state index in [1.807, 2.05) is 11.6 Å². The molecule has 0 unspecified atom stereocenters. The first-order valence-corrected chi connectivity index (χ1v) is 3.88. The average molecular weight is 258 g/mol. The predicted octanol–water partition coefficient (Wildman–Crippen LogP) is 2.65. The van der Waals surface area contributed by atoms with Gasteiger partial charge in [0, 0.05) is 40.7 Å². The summed E-state index contributed by atoms with van der Waals surface area (Å²) in [6.45, 7) is 12.7. The monoisotopic (exact) mass is 258 g/mol. The molecule has 0 aliphatic carbocycles. The summed E-state index contributed by atoms with van der Waals surface area (Å²) in [6, 6.07) is 0. The van der Waals surface area contributed by atoms with Gasteiger partial charge in [0.05, 0.1) is 0 Å². The maximum absolute atomic E-state index is 4.31. The van der Waals surface area contributed by atoms with Crippen molar-refractivity contribution in [3.05, 3.63) is 30.8 Å². The van der Waals surface area contributed by atoms with Crippen LogP contribution in [-0.2, 0) is 45.7 Å². The third-order valence-electron chi connectivity index (χ3n) is 1.92. The number of nitrogens with zero attached hydrogens (tertiary/aromatic N) is 2. The molecular formula is C10H20N2Y-2. The van der Waals surface area contributed by atoms with E-state index in [4.69, 9.17) is 0 Å². The fourth-order valence-corrected chi connectivity index (χ4v) is 1.25. The Kier molecular flexibility index (Phi) is 7.96. The molecule has 13 heavy (non-hydrogen) atoms. The smallest absolute Gasteiger partial charge is 0.0351 e. The zero-order chi connectivity index (χ0) is 8.43. The second-order valence-corrected chi connectivity index (χ2v) is 2.58. The van der Waals surface area contributed by atoms with Gasteiger partial charge >= 0.3 is 0 Å². The first kappa shape index (κ1) is 15.6. The second-order valence-electron chi connectivity index (χ2n) is 2.58. The topological polar surface area (TPSA) is 17.8 Å². The SMILES string of the molecule is C.[2HH].[CH2-]Cc1c(C)nn(CC)c1[CH2-].[Y]. The molecule has 3 heteroatoms. The minimum atomic E-state index is 0. The third-order valence-corrected chi connectivity index (χ3v) is 1.92. The number of aromatic nitrogens is 2. The molecular weight excluding hydrogens is 237 g/mol. The maximum atomic E-state index is 4.31. The van der Waals surface area contributed by atoms with Crippen LogP contribution in [0.25, 0.3) is 0 Å². The average Bonchev–Trinajstić information content (AvgIpc) is 2.26. The zero-order valence-corrected chi connectivity index (χ0v) is 10.6. The fraction of sp³-hybridized carbons (Fsp3) is 0.500. The van der Waals surface area contributed by atoms with E-state index in [0.717, 1.165) is 24.4 Å². The molecule has 2 nitrogen and oxygen atoms in total. The molecule has 1 radical (unpaired) electrons. The van der Waals surface area contributed by atoms with Gasteiger partial charge in [0.1, 0.15) is 0 Å². The summed E-state index contributed by atoms with van der Waals surface area (Å²) >= 11 is 0. The number of rotatable bonds is 2. The standard InChI is InChI=1S/C9H14N2.CH4.Y.H2/c1-5-9-7(3)10-11(6-2)8(9)4;;;/h1,4-6H2,2-3H3;1H4;;1H/q-2;;;/i;;;1+1. The van der Waals surface area contributed by atoms with Crippen molar-refractivity contribution in [2.75, 3.05) is 0 Å². The molecule has 1 aromatic rings. The Hall–Kier alpha value is 0.184. The summed E-state index contributed by atoms with van der Waals surface area (Å²) in [6.07, 6.45) is 0.782. The van der Waals surface area contributed by atoms with Crippen molar-refractivity contribution in [3.63, 3.8) is 0 Å². The van der Waals surface area contributed by atoms with E-state index >= 15 is 0 Å². The zero-order valence-electron chi connectivity index (χ0n) is 7.80. The van der Waals surface area contributed by atoms with Crippen molar-refractivity contribution < 1.29 is 34.1 Å². The third kappa shape index (κ3) is 3.10. The van der Waals surface area contributed by atoms with Crippen LogP contribution in [0.3, 0.4) is 0 Å². The van der Waals surface area contributed by atoms with Crippen LogP contribution in [0.5, 0.6) is 0 Å². The molecule has 0 atom stereocenters. The molecule has 1 heterocycles. The Balaban J connectivity index is -0.000000403. The van der Waals surface area contributed by atoms with Crippen LogP contribution < -0.4 is 0 Å². The van der Waals surface area contributed by atoms with Gasteiger partial charge in [-0.05, 0) is 19.5 Å². The number of hydrogen-bond acceptors (Lipinski definition) is 1. The van der Waals surface area contributed by atoms with Crippen LogP contribution in [-0.4, -0.2) is 9.78 Å². The molecule has 0 saturated carbocycles. The Labute approximate surface area is 108 Å². The van der Waals surface area contributed by atoms with E-state index < -0.39 is 0 Å². The summed E-state index contributed by atoms with van der Waals surface area (Å²) in [7, 11) is 0. The Morgan fingerprint density at radius 1 is 1.54 bits per heavy atom. The summed E-state index contributed by atoms with van der Waals surface area (Å²) in [5.41, 5.74) is 3.26. The van der Waals surface area contributed by atoms with Crippen LogP contribution in [0.4, 0.5) is 0 Å². The molecule has 75 valence electrons. The molecule has 0 aromatic carbocycles. The maximum Gasteiger partial charge on any atom is 0.0351 e. The summed E-state index contributed by atoms with van der Waals surface area (Å²) < 4.78 is 1.91. The van der Waals surface area contributed by atoms with Crippen LogP contribution in [0.2, 0.25) is 0 Å². The van der Waals surface area contributed by atoms with Gasteiger partial charge in [0.15, 0.2) is 0 Å². The molecule has 1 rings (SSSR count). The van der Waals surface area contributed by atoms with E-state index in [1.165, 1.54) is 5.56 Å². The Morgan fingerprint density at radius 2 is 2.08 bits per heavy atom. The van der Waals surface area contributed by atoms with Crippen LogP contribution >= 0.6 is 0 Å². The quantitative estimate of drug-likeness (QED) is 0.746. The van der Waals surface area contributed by atoms with Gasteiger partial charge < -0.3 is 11.6 Å². The minimum Gasteiger partial charge on any atom is -0.355 e. The van der Waals surface area contributed by atoms with Crippen molar-refractivity contribution in [3.8, 4) is 0 Å². The Morgan fingerprint density at radius 3 is 2.31 bits per heavy atom. The summed E-state index contributed by atoms with van der Waals surface area (Å²) in [4.78, 5) is 0. The van der Waals surface area contributed by atoms with Crippen molar-refractivity contribution >= 4 is 0 Å². The molecule has 0 saturated heterocycles. The van der Waals surface area contributed by atoms with Gasteiger partial charge in [0.25, 0.3) is 0 Å². The first-order valence-electron chi connectivity index (χ1n) is 3.88. The first-order chi connectivity index (χ1) is 5.20. The van der Waals surface area contributed by atoms with Crippen LogP contribution in [0.1, 0.15) is 32.7 Å². The van der Waals surface area contributed by atoms with Crippen LogP contribution in [0, 0.1) is 20.8 Å². The van der Waals surface area contributed by atoms with Crippen molar-refractivity contribution in [2.24, 2.45) is 0 Å². The second kappa shape index (κ2) is 6.61. The molecule has 0 aliphatic heterocycles. The molecule has 0 amide bonds. The van der Waals surface area contributed by atoms with E-state index in [0.29, 0.717) is 0 Å². The fourth-order valence-electron chi connectivity index (χ4n) is 1.25. The molecule has 0 spiro atoms. The normalized spacial score (nSPS) is 8.85. The van der Waals surface area contributed by atoms with Crippen molar-refractivity contribution in [2.45, 2.75) is 34.2 Å². The molecule has 0 fully saturated rings. The summed E-state index contributed by atoms with van der Waals surface area (Å²) in [5.74, 6) is 0. The number of hydrogen-bond donors (Lipinski definition) is 0. The van der Waals surface area contributed by atoms with Gasteiger partial charge in [-0.3, -0.25) is 0 Å². The van der Waals surface area contributed by atoms with Gasteiger partial charge in [-0.25, -0.2) is 18.4 Å². The number of aryl methyl sites for hydroxylation is 2. The van der Waals surface area contributed by atoms with Gasteiger partial charge in [-0.2, -0.15) is 5.56 Å². The Bertz CT molecular complexity index is 259. The molecule has 0 aliphatic rings.